The molecule has 1 fully saturated rings. The number of amides is 3. The molecule has 43 heavy (non-hydrogen) atoms. The SMILES string of the molecule is Cc1ccc(C(=O)Nc2ccc(N3CCCN(C(=O)c4ccc(C)cc4)CC3)c(C(=O)NCc3ccc(F)cc3)c2)cc1. The molecule has 5 rings (SSSR count). The maximum Gasteiger partial charge on any atom is 0.255 e. The molecule has 3 amide bonds. The van der Waals surface area contributed by atoms with E-state index in [0.717, 1.165) is 28.8 Å². The van der Waals surface area contributed by atoms with Crippen molar-refractivity contribution in [2.75, 3.05) is 36.4 Å². The van der Waals surface area contributed by atoms with Crippen LogP contribution >= 0.6 is 0 Å². The predicted octanol–water partition coefficient (Wildman–Crippen LogP) is 5.98. The van der Waals surface area contributed by atoms with Gasteiger partial charge in [0.15, 0.2) is 0 Å². The number of nitrogens with zero attached hydrogens (tertiary/aromatic N) is 2. The van der Waals surface area contributed by atoms with Gasteiger partial charge in [0, 0.05) is 55.2 Å². The number of aryl methyl sites for hydroxylation is 2. The van der Waals surface area contributed by atoms with Gasteiger partial charge in [-0.3, -0.25) is 14.4 Å². The summed E-state index contributed by atoms with van der Waals surface area (Å²) in [5.74, 6) is -0.938. The fourth-order valence-electron chi connectivity index (χ4n) is 5.10. The van der Waals surface area contributed by atoms with Crippen molar-refractivity contribution in [2.45, 2.75) is 26.8 Å². The minimum Gasteiger partial charge on any atom is -0.369 e. The van der Waals surface area contributed by atoms with Crippen LogP contribution in [0.25, 0.3) is 0 Å². The van der Waals surface area contributed by atoms with Gasteiger partial charge in [0.1, 0.15) is 5.82 Å². The Balaban J connectivity index is 1.36. The van der Waals surface area contributed by atoms with Gasteiger partial charge in [-0.15, -0.1) is 0 Å². The molecule has 2 N–H and O–H groups in total. The van der Waals surface area contributed by atoms with Crippen LogP contribution in [-0.2, 0) is 6.54 Å². The van der Waals surface area contributed by atoms with Gasteiger partial charge in [0.2, 0.25) is 0 Å². The van der Waals surface area contributed by atoms with Gasteiger partial charge in [0.25, 0.3) is 17.7 Å². The molecule has 1 saturated heterocycles. The van der Waals surface area contributed by atoms with E-state index in [9.17, 15) is 18.8 Å². The van der Waals surface area contributed by atoms with Gasteiger partial charge >= 0.3 is 0 Å². The van der Waals surface area contributed by atoms with Gasteiger partial charge in [-0.2, -0.15) is 0 Å². The highest BCUT2D eigenvalue weighted by Gasteiger charge is 2.24. The molecule has 0 radical (unpaired) electrons. The van der Waals surface area contributed by atoms with E-state index in [2.05, 4.69) is 15.5 Å². The molecule has 0 atom stereocenters. The van der Waals surface area contributed by atoms with E-state index in [1.165, 1.54) is 12.1 Å². The van der Waals surface area contributed by atoms with Crippen LogP contribution in [0.4, 0.5) is 15.8 Å². The lowest BCUT2D eigenvalue weighted by Gasteiger charge is -2.26. The molecular formula is C35H35FN4O3. The van der Waals surface area contributed by atoms with Crippen LogP contribution in [0.5, 0.6) is 0 Å². The lowest BCUT2D eigenvalue weighted by Crippen LogP contribution is -2.36. The fraction of sp³-hybridized carbons (Fsp3) is 0.229. The van der Waals surface area contributed by atoms with Gasteiger partial charge in [-0.25, -0.2) is 4.39 Å². The Kier molecular flexibility index (Phi) is 9.15. The zero-order chi connectivity index (χ0) is 30.3. The summed E-state index contributed by atoms with van der Waals surface area (Å²) in [4.78, 5) is 43.7. The number of hydrogen-bond acceptors (Lipinski definition) is 4. The number of rotatable bonds is 7. The van der Waals surface area contributed by atoms with Crippen LogP contribution in [0.15, 0.2) is 91.0 Å². The zero-order valence-corrected chi connectivity index (χ0v) is 24.4. The van der Waals surface area contributed by atoms with Crippen LogP contribution in [0.2, 0.25) is 0 Å². The first-order chi connectivity index (χ1) is 20.8. The Morgan fingerprint density at radius 1 is 0.721 bits per heavy atom. The third-order valence-electron chi connectivity index (χ3n) is 7.60. The summed E-state index contributed by atoms with van der Waals surface area (Å²) in [5, 5.41) is 5.84. The standard InChI is InChI=1S/C35H35FN4O3/c1-24-4-10-27(11-5-24)33(41)38-30-16-17-32(31(22-30)34(42)37-23-26-8-14-29(36)15-9-26)39-18-3-19-40(21-20-39)35(43)28-12-6-25(2)7-13-28/h4-17,22H,3,18-21,23H2,1-2H3,(H,37,42)(H,38,41). The van der Waals surface area contributed by atoms with Crippen molar-refractivity contribution in [1.82, 2.24) is 10.2 Å². The van der Waals surface area contributed by atoms with Gasteiger partial charge in [-0.1, -0.05) is 47.5 Å². The summed E-state index contributed by atoms with van der Waals surface area (Å²) in [6.45, 7) is 6.49. The first kappa shape index (κ1) is 29.5. The van der Waals surface area contributed by atoms with E-state index in [-0.39, 0.29) is 30.1 Å². The minimum atomic E-state index is -0.342. The summed E-state index contributed by atoms with van der Waals surface area (Å²) in [5.41, 5.74) is 5.71. The second-order valence-electron chi connectivity index (χ2n) is 10.9. The lowest BCUT2D eigenvalue weighted by atomic mass is 10.1. The average Bonchev–Trinajstić information content (AvgIpc) is 3.27. The highest BCUT2D eigenvalue weighted by molar-refractivity contribution is 6.06. The Morgan fingerprint density at radius 2 is 1.37 bits per heavy atom. The minimum absolute atomic E-state index is 0.00622. The Labute approximate surface area is 251 Å². The Morgan fingerprint density at radius 3 is 2.05 bits per heavy atom. The van der Waals surface area contributed by atoms with Crippen molar-refractivity contribution < 1.29 is 18.8 Å². The third-order valence-corrected chi connectivity index (χ3v) is 7.60. The third kappa shape index (κ3) is 7.46. The Hall–Kier alpha value is -4.98. The van der Waals surface area contributed by atoms with Crippen LogP contribution in [0, 0.1) is 19.7 Å². The van der Waals surface area contributed by atoms with Crippen molar-refractivity contribution in [3.05, 3.63) is 130 Å². The van der Waals surface area contributed by atoms with E-state index in [0.29, 0.717) is 48.6 Å². The molecule has 0 bridgehead atoms. The Bertz CT molecular complexity index is 1600. The van der Waals surface area contributed by atoms with Crippen molar-refractivity contribution >= 4 is 29.1 Å². The number of benzene rings is 4. The predicted molar refractivity (Wildman–Crippen MR) is 167 cm³/mol. The molecule has 1 heterocycles. The van der Waals surface area contributed by atoms with E-state index in [1.54, 1.807) is 36.4 Å². The number of anilines is 2. The topological polar surface area (TPSA) is 81.8 Å². The molecule has 4 aromatic rings. The normalized spacial score (nSPS) is 13.3. The maximum absolute atomic E-state index is 13.6. The molecule has 8 heteroatoms. The van der Waals surface area contributed by atoms with Crippen molar-refractivity contribution in [2.24, 2.45) is 0 Å². The smallest absolute Gasteiger partial charge is 0.255 e. The molecule has 0 aliphatic carbocycles. The quantitative estimate of drug-likeness (QED) is 0.283. The van der Waals surface area contributed by atoms with Crippen molar-refractivity contribution in [3.63, 3.8) is 0 Å². The summed E-state index contributed by atoms with van der Waals surface area (Å²) >= 11 is 0. The largest absolute Gasteiger partial charge is 0.369 e. The number of carbonyl (C=O) groups is 3. The fourth-order valence-corrected chi connectivity index (χ4v) is 5.10. The highest BCUT2D eigenvalue weighted by Crippen LogP contribution is 2.27. The summed E-state index contributed by atoms with van der Waals surface area (Å²) in [7, 11) is 0. The second-order valence-corrected chi connectivity index (χ2v) is 10.9. The van der Waals surface area contributed by atoms with E-state index < -0.39 is 0 Å². The first-order valence-electron chi connectivity index (χ1n) is 14.4. The molecule has 1 aliphatic heterocycles. The van der Waals surface area contributed by atoms with E-state index in [4.69, 9.17) is 0 Å². The van der Waals surface area contributed by atoms with E-state index in [1.807, 2.05) is 61.2 Å². The van der Waals surface area contributed by atoms with Crippen molar-refractivity contribution in [3.8, 4) is 0 Å². The second kappa shape index (κ2) is 13.3. The van der Waals surface area contributed by atoms with Crippen molar-refractivity contribution in [1.29, 1.82) is 0 Å². The number of halogens is 1. The number of nitrogens with one attached hydrogen (secondary N) is 2. The summed E-state index contributed by atoms with van der Waals surface area (Å²) in [6.07, 6.45) is 0.736. The molecule has 4 aromatic carbocycles. The summed E-state index contributed by atoms with van der Waals surface area (Å²) < 4.78 is 13.4. The van der Waals surface area contributed by atoms with Crippen LogP contribution in [0.3, 0.4) is 0 Å². The van der Waals surface area contributed by atoms with Crippen LogP contribution in [-0.4, -0.2) is 48.8 Å². The van der Waals surface area contributed by atoms with Crippen LogP contribution in [0.1, 0.15) is 54.2 Å². The summed E-state index contributed by atoms with van der Waals surface area (Å²) in [6, 6.07) is 26.1. The van der Waals surface area contributed by atoms with Gasteiger partial charge in [0.05, 0.1) is 5.56 Å². The molecule has 0 unspecified atom stereocenters. The molecule has 0 spiro atoms. The number of hydrogen-bond donors (Lipinski definition) is 2. The average molecular weight is 579 g/mol. The molecule has 1 aliphatic rings. The van der Waals surface area contributed by atoms with Gasteiger partial charge in [-0.05, 0) is 80.4 Å². The lowest BCUT2D eigenvalue weighted by molar-refractivity contribution is 0.0766. The zero-order valence-electron chi connectivity index (χ0n) is 24.4. The number of carbonyl (C=O) groups excluding carboxylic acids is 3. The van der Waals surface area contributed by atoms with Gasteiger partial charge < -0.3 is 20.4 Å². The molecule has 220 valence electrons. The maximum atomic E-state index is 13.6. The van der Waals surface area contributed by atoms with E-state index >= 15 is 0 Å². The monoisotopic (exact) mass is 578 g/mol. The molecule has 0 saturated carbocycles. The first-order valence-corrected chi connectivity index (χ1v) is 14.4. The highest BCUT2D eigenvalue weighted by atomic mass is 19.1. The molecular weight excluding hydrogens is 543 g/mol. The molecule has 0 aromatic heterocycles. The molecule has 7 nitrogen and oxygen atoms in total. The van der Waals surface area contributed by atoms with Crippen LogP contribution < -0.4 is 15.5 Å².